The molecule has 0 bridgehead atoms. The molecule has 2 N–H and O–H groups in total. The number of rotatable bonds is 3. The molecule has 0 saturated heterocycles. The van der Waals surface area contributed by atoms with Crippen LogP contribution in [0.25, 0.3) is 5.69 Å². The number of aromatic nitrogens is 2. The van der Waals surface area contributed by atoms with Crippen molar-refractivity contribution in [3.63, 3.8) is 0 Å². The predicted molar refractivity (Wildman–Crippen MR) is 91.5 cm³/mol. The summed E-state index contributed by atoms with van der Waals surface area (Å²) in [6.07, 6.45) is 1.65. The highest BCUT2D eigenvalue weighted by Crippen LogP contribution is 2.21. The summed E-state index contributed by atoms with van der Waals surface area (Å²) in [7, 11) is 0. The first kappa shape index (κ1) is 14.5. The molecule has 0 aliphatic heterocycles. The van der Waals surface area contributed by atoms with E-state index in [2.05, 4.69) is 22.5 Å². The third-order valence-corrected chi connectivity index (χ3v) is 4.37. The van der Waals surface area contributed by atoms with E-state index in [-0.39, 0.29) is 23.2 Å². The number of carbonyl (C=O) groups is 1. The van der Waals surface area contributed by atoms with Gasteiger partial charge in [-0.15, -0.1) is 0 Å². The minimum atomic E-state index is -0.250. The van der Waals surface area contributed by atoms with Crippen molar-refractivity contribution < 1.29 is 4.79 Å². The summed E-state index contributed by atoms with van der Waals surface area (Å²) < 4.78 is 1.37. The SMILES string of the molecule is O=C(NC1Cc2ccccc2C1)c1cc(=O)n(-c2ccccc2)[nH]1. The normalized spacial score (nSPS) is 13.7. The van der Waals surface area contributed by atoms with Gasteiger partial charge in [0.1, 0.15) is 5.69 Å². The molecule has 2 aromatic carbocycles. The molecular formula is C19H17N3O2. The van der Waals surface area contributed by atoms with Gasteiger partial charge in [-0.05, 0) is 36.1 Å². The first-order valence-electron chi connectivity index (χ1n) is 7.96. The van der Waals surface area contributed by atoms with E-state index in [9.17, 15) is 9.59 Å². The maximum Gasteiger partial charge on any atom is 0.271 e. The zero-order valence-corrected chi connectivity index (χ0v) is 13.0. The van der Waals surface area contributed by atoms with E-state index in [0.717, 1.165) is 12.8 Å². The Morgan fingerprint density at radius 3 is 2.29 bits per heavy atom. The average Bonchev–Trinajstić information content (AvgIpc) is 3.18. The molecule has 0 radical (unpaired) electrons. The number of aromatic amines is 1. The Labute approximate surface area is 138 Å². The van der Waals surface area contributed by atoms with Gasteiger partial charge in [0.05, 0.1) is 5.69 Å². The van der Waals surface area contributed by atoms with Crippen LogP contribution in [0.2, 0.25) is 0 Å². The van der Waals surface area contributed by atoms with Gasteiger partial charge in [-0.3, -0.25) is 14.7 Å². The van der Waals surface area contributed by atoms with E-state index in [1.807, 2.05) is 42.5 Å². The summed E-state index contributed by atoms with van der Waals surface area (Å²) in [6.45, 7) is 0. The van der Waals surface area contributed by atoms with Crippen LogP contribution in [0.1, 0.15) is 21.6 Å². The molecule has 1 aliphatic rings. The zero-order valence-electron chi connectivity index (χ0n) is 13.0. The smallest absolute Gasteiger partial charge is 0.271 e. The summed E-state index contributed by atoms with van der Waals surface area (Å²) >= 11 is 0. The molecule has 120 valence electrons. The van der Waals surface area contributed by atoms with Crippen LogP contribution in [0.15, 0.2) is 65.5 Å². The van der Waals surface area contributed by atoms with Gasteiger partial charge < -0.3 is 5.32 Å². The number of nitrogens with one attached hydrogen (secondary N) is 2. The average molecular weight is 319 g/mol. The Morgan fingerprint density at radius 1 is 1.00 bits per heavy atom. The van der Waals surface area contributed by atoms with Crippen LogP contribution in [0, 0.1) is 0 Å². The molecule has 24 heavy (non-hydrogen) atoms. The second-order valence-electron chi connectivity index (χ2n) is 6.03. The highest BCUT2D eigenvalue weighted by atomic mass is 16.2. The number of fused-ring (bicyclic) bond motifs is 1. The molecule has 5 heteroatoms. The summed E-state index contributed by atoms with van der Waals surface area (Å²) in [5.41, 5.74) is 3.28. The number of hydrogen-bond acceptors (Lipinski definition) is 2. The number of amides is 1. The largest absolute Gasteiger partial charge is 0.347 e. The van der Waals surface area contributed by atoms with Crippen LogP contribution < -0.4 is 10.9 Å². The first-order chi connectivity index (χ1) is 11.7. The van der Waals surface area contributed by atoms with E-state index >= 15 is 0 Å². The lowest BCUT2D eigenvalue weighted by Gasteiger charge is -2.11. The van der Waals surface area contributed by atoms with Gasteiger partial charge in [-0.25, -0.2) is 4.68 Å². The number of benzene rings is 2. The quantitative estimate of drug-likeness (QED) is 0.776. The fraction of sp³-hybridized carbons (Fsp3) is 0.158. The third kappa shape index (κ3) is 2.65. The van der Waals surface area contributed by atoms with E-state index in [1.165, 1.54) is 21.9 Å². The van der Waals surface area contributed by atoms with Crippen LogP contribution in [0.4, 0.5) is 0 Å². The monoisotopic (exact) mass is 319 g/mol. The van der Waals surface area contributed by atoms with Crippen molar-refractivity contribution in [3.8, 4) is 5.69 Å². The minimum Gasteiger partial charge on any atom is -0.347 e. The van der Waals surface area contributed by atoms with Crippen molar-refractivity contribution in [3.05, 3.63) is 87.8 Å². The van der Waals surface area contributed by atoms with Crippen LogP contribution in [0.5, 0.6) is 0 Å². The molecule has 1 heterocycles. The second-order valence-corrected chi connectivity index (χ2v) is 6.03. The molecule has 1 amide bonds. The number of H-pyrrole nitrogens is 1. The molecule has 1 aliphatic carbocycles. The Kier molecular flexibility index (Phi) is 3.54. The van der Waals surface area contributed by atoms with Crippen molar-refractivity contribution in [2.24, 2.45) is 0 Å². The lowest BCUT2D eigenvalue weighted by atomic mass is 10.1. The molecule has 0 spiro atoms. The lowest BCUT2D eigenvalue weighted by molar-refractivity contribution is 0.0933. The summed E-state index contributed by atoms with van der Waals surface area (Å²) in [5, 5.41) is 5.90. The standard InChI is InChI=1S/C19H17N3O2/c23-18-12-17(21-22(18)16-8-2-1-3-9-16)19(24)20-15-10-13-6-4-5-7-14(13)11-15/h1-9,12,15,21H,10-11H2,(H,20,24). The molecular weight excluding hydrogens is 302 g/mol. The Hall–Kier alpha value is -3.08. The zero-order chi connectivity index (χ0) is 16.5. The van der Waals surface area contributed by atoms with Gasteiger partial charge in [0, 0.05) is 12.1 Å². The molecule has 0 atom stereocenters. The molecule has 0 unspecified atom stereocenters. The fourth-order valence-corrected chi connectivity index (χ4v) is 3.21. The first-order valence-corrected chi connectivity index (χ1v) is 7.96. The number of para-hydroxylation sites is 1. The highest BCUT2D eigenvalue weighted by molar-refractivity contribution is 5.92. The number of nitrogens with zero attached hydrogens (tertiary/aromatic N) is 1. The lowest BCUT2D eigenvalue weighted by Crippen LogP contribution is -2.35. The number of carbonyl (C=O) groups excluding carboxylic acids is 1. The summed E-state index contributed by atoms with van der Waals surface area (Å²) in [4.78, 5) is 24.6. The van der Waals surface area contributed by atoms with Gasteiger partial charge in [0.2, 0.25) is 0 Å². The molecule has 3 aromatic rings. The van der Waals surface area contributed by atoms with E-state index < -0.39 is 0 Å². The van der Waals surface area contributed by atoms with Crippen LogP contribution >= 0.6 is 0 Å². The van der Waals surface area contributed by atoms with Crippen molar-refractivity contribution in [1.29, 1.82) is 0 Å². The van der Waals surface area contributed by atoms with E-state index in [4.69, 9.17) is 0 Å². The van der Waals surface area contributed by atoms with Gasteiger partial charge >= 0.3 is 0 Å². The van der Waals surface area contributed by atoms with Crippen LogP contribution in [-0.2, 0) is 12.8 Å². The van der Waals surface area contributed by atoms with Crippen molar-refractivity contribution >= 4 is 5.91 Å². The maximum atomic E-state index is 12.5. The van der Waals surface area contributed by atoms with Gasteiger partial charge in [-0.2, -0.15) is 0 Å². The Bertz CT molecular complexity index is 916. The topological polar surface area (TPSA) is 66.9 Å². The van der Waals surface area contributed by atoms with Gasteiger partial charge in [0.25, 0.3) is 11.5 Å². The van der Waals surface area contributed by atoms with Gasteiger partial charge in [0.15, 0.2) is 0 Å². The van der Waals surface area contributed by atoms with Crippen molar-refractivity contribution in [1.82, 2.24) is 15.1 Å². The summed E-state index contributed by atoms with van der Waals surface area (Å²) in [5.74, 6) is -0.250. The van der Waals surface area contributed by atoms with E-state index in [0.29, 0.717) is 5.69 Å². The summed E-state index contributed by atoms with van der Waals surface area (Å²) in [6, 6.07) is 18.8. The van der Waals surface area contributed by atoms with Gasteiger partial charge in [-0.1, -0.05) is 42.5 Å². The molecule has 4 rings (SSSR count). The third-order valence-electron chi connectivity index (χ3n) is 4.37. The fourth-order valence-electron chi connectivity index (χ4n) is 3.21. The Morgan fingerprint density at radius 2 is 1.62 bits per heavy atom. The molecule has 0 fully saturated rings. The predicted octanol–water partition coefficient (Wildman–Crippen LogP) is 2.06. The molecule has 0 saturated carbocycles. The molecule has 1 aromatic heterocycles. The molecule has 5 nitrogen and oxygen atoms in total. The highest BCUT2D eigenvalue weighted by Gasteiger charge is 2.23. The maximum absolute atomic E-state index is 12.5. The minimum absolute atomic E-state index is 0.0680. The van der Waals surface area contributed by atoms with Crippen LogP contribution in [-0.4, -0.2) is 21.7 Å². The van der Waals surface area contributed by atoms with E-state index in [1.54, 1.807) is 0 Å². The Balaban J connectivity index is 1.51. The van der Waals surface area contributed by atoms with Crippen molar-refractivity contribution in [2.75, 3.05) is 0 Å². The second kappa shape index (κ2) is 5.85. The number of hydrogen-bond donors (Lipinski definition) is 2. The van der Waals surface area contributed by atoms with Crippen molar-refractivity contribution in [2.45, 2.75) is 18.9 Å². The van der Waals surface area contributed by atoms with Crippen LogP contribution in [0.3, 0.4) is 0 Å².